The molecule has 0 aromatic carbocycles. The number of carbonyl (C=O) groups excluding carboxylic acids is 2. The van der Waals surface area contributed by atoms with Crippen molar-refractivity contribution in [3.05, 3.63) is 51.2 Å². The van der Waals surface area contributed by atoms with Gasteiger partial charge in [-0.15, -0.1) is 11.3 Å². The second kappa shape index (κ2) is 7.58. The van der Waals surface area contributed by atoms with E-state index >= 15 is 0 Å². The van der Waals surface area contributed by atoms with Crippen LogP contribution in [0.1, 0.15) is 28.0 Å². The predicted molar refractivity (Wildman–Crippen MR) is 103 cm³/mol. The lowest BCUT2D eigenvalue weighted by Gasteiger charge is -2.25. The molecule has 8 heteroatoms. The second-order valence-corrected chi connectivity index (χ2v) is 7.71. The minimum absolute atomic E-state index is 0.0942. The lowest BCUT2D eigenvalue weighted by Crippen LogP contribution is -2.35. The molecule has 142 valence electrons. The summed E-state index contributed by atoms with van der Waals surface area (Å²) in [6.07, 6.45) is 1.49. The Balaban J connectivity index is 2.13. The summed E-state index contributed by atoms with van der Waals surface area (Å²) < 4.78 is 0. The number of Topliss-reactive ketones (excluding diaryl/α,β-unsaturated/α-hetero) is 1. The van der Waals surface area contributed by atoms with Gasteiger partial charge in [0.15, 0.2) is 0 Å². The van der Waals surface area contributed by atoms with Gasteiger partial charge in [0.25, 0.3) is 11.7 Å². The molecule has 0 radical (unpaired) electrons. The smallest absolute Gasteiger partial charge is 0.295 e. The molecule has 2 aromatic heterocycles. The van der Waals surface area contributed by atoms with Gasteiger partial charge in [-0.1, -0.05) is 6.07 Å². The number of likely N-dealkylation sites (tertiary alicyclic amines) is 1. The average Bonchev–Trinajstić information content (AvgIpc) is 3.20. The number of amides is 1. The van der Waals surface area contributed by atoms with Crippen LogP contribution in [0.25, 0.3) is 5.76 Å². The largest absolute Gasteiger partial charge is 0.507 e. The molecule has 1 fully saturated rings. The van der Waals surface area contributed by atoms with Crippen molar-refractivity contribution in [2.45, 2.75) is 19.9 Å². The van der Waals surface area contributed by atoms with Gasteiger partial charge < -0.3 is 14.9 Å². The third-order valence-electron chi connectivity index (χ3n) is 4.50. The fourth-order valence-corrected chi connectivity index (χ4v) is 3.97. The first-order valence-corrected chi connectivity index (χ1v) is 9.46. The van der Waals surface area contributed by atoms with Gasteiger partial charge in [0, 0.05) is 24.2 Å². The van der Waals surface area contributed by atoms with Crippen LogP contribution >= 0.6 is 11.3 Å². The number of hydrogen-bond donors (Lipinski definition) is 1. The van der Waals surface area contributed by atoms with Gasteiger partial charge in [0.1, 0.15) is 11.6 Å². The van der Waals surface area contributed by atoms with E-state index in [4.69, 9.17) is 0 Å². The van der Waals surface area contributed by atoms with Crippen molar-refractivity contribution in [2.75, 3.05) is 27.2 Å². The van der Waals surface area contributed by atoms with Crippen LogP contribution in [0.2, 0.25) is 0 Å². The van der Waals surface area contributed by atoms with Crippen LogP contribution in [0.15, 0.2) is 29.3 Å². The fourth-order valence-electron chi connectivity index (χ4n) is 3.12. The van der Waals surface area contributed by atoms with E-state index in [9.17, 15) is 14.7 Å². The molecule has 0 unspecified atom stereocenters. The number of ketones is 1. The van der Waals surface area contributed by atoms with Gasteiger partial charge in [0.05, 0.1) is 22.9 Å². The summed E-state index contributed by atoms with van der Waals surface area (Å²) in [6.45, 7) is 4.50. The normalized spacial score (nSPS) is 19.3. The third-order valence-corrected chi connectivity index (χ3v) is 5.42. The van der Waals surface area contributed by atoms with E-state index in [1.165, 1.54) is 22.4 Å². The Hall–Kier alpha value is -2.58. The number of thiophene rings is 1. The number of aliphatic hydroxyl groups excluding tert-OH is 1. The van der Waals surface area contributed by atoms with Gasteiger partial charge in [-0.3, -0.25) is 9.59 Å². The van der Waals surface area contributed by atoms with Crippen LogP contribution in [0, 0.1) is 13.8 Å². The minimum atomic E-state index is -0.676. The van der Waals surface area contributed by atoms with E-state index in [0.29, 0.717) is 30.2 Å². The van der Waals surface area contributed by atoms with E-state index in [-0.39, 0.29) is 11.3 Å². The molecule has 0 saturated carbocycles. The molecule has 0 aliphatic carbocycles. The molecule has 3 rings (SSSR count). The average molecular weight is 386 g/mol. The number of nitrogens with zero attached hydrogens (tertiary/aromatic N) is 4. The minimum Gasteiger partial charge on any atom is -0.507 e. The monoisotopic (exact) mass is 386 g/mol. The number of aliphatic hydroxyl groups is 1. The van der Waals surface area contributed by atoms with Crippen molar-refractivity contribution in [2.24, 2.45) is 0 Å². The van der Waals surface area contributed by atoms with Crippen molar-refractivity contribution in [3.63, 3.8) is 0 Å². The molecule has 1 amide bonds. The first-order valence-electron chi connectivity index (χ1n) is 8.58. The van der Waals surface area contributed by atoms with Gasteiger partial charge in [-0.05, 0) is 39.4 Å². The topological polar surface area (TPSA) is 86.6 Å². The number of aromatic nitrogens is 2. The Bertz CT molecular complexity index is 906. The molecule has 0 spiro atoms. The van der Waals surface area contributed by atoms with Crippen LogP contribution in [-0.4, -0.2) is 63.7 Å². The molecule has 27 heavy (non-hydrogen) atoms. The van der Waals surface area contributed by atoms with Crippen LogP contribution < -0.4 is 0 Å². The zero-order valence-corrected chi connectivity index (χ0v) is 16.6. The number of hydrogen-bond acceptors (Lipinski definition) is 7. The number of likely N-dealkylation sites (N-methyl/N-ethyl adjacent to an activating group) is 1. The summed E-state index contributed by atoms with van der Waals surface area (Å²) in [5.41, 5.74) is 1.02. The van der Waals surface area contributed by atoms with Gasteiger partial charge in [0.2, 0.25) is 0 Å². The van der Waals surface area contributed by atoms with Gasteiger partial charge in [-0.2, -0.15) is 0 Å². The SMILES string of the molecule is Cc1ncc(/C(O)=C2\C(=O)C(=O)N(CCN(C)C)[C@H]2c2cccs2)c(C)n1. The van der Waals surface area contributed by atoms with Crippen LogP contribution in [0.4, 0.5) is 0 Å². The Morgan fingerprint density at radius 2 is 2.07 bits per heavy atom. The van der Waals surface area contributed by atoms with Crippen molar-refractivity contribution in [1.29, 1.82) is 0 Å². The molecule has 7 nitrogen and oxygen atoms in total. The van der Waals surface area contributed by atoms with E-state index in [0.717, 1.165) is 4.88 Å². The summed E-state index contributed by atoms with van der Waals surface area (Å²) in [4.78, 5) is 38.2. The highest BCUT2D eigenvalue weighted by molar-refractivity contribution is 7.10. The van der Waals surface area contributed by atoms with E-state index in [1.54, 1.807) is 13.8 Å². The molecule has 1 aliphatic heterocycles. The molecule has 1 saturated heterocycles. The van der Waals surface area contributed by atoms with Crippen LogP contribution in [0.3, 0.4) is 0 Å². The third kappa shape index (κ3) is 3.63. The Labute approximate surface area is 162 Å². The Kier molecular flexibility index (Phi) is 5.38. The summed E-state index contributed by atoms with van der Waals surface area (Å²) in [5.74, 6) is -0.922. The maximum absolute atomic E-state index is 12.8. The molecule has 1 N–H and O–H groups in total. The molecule has 3 heterocycles. The Morgan fingerprint density at radius 1 is 1.33 bits per heavy atom. The van der Waals surface area contributed by atoms with E-state index < -0.39 is 17.7 Å². The molecule has 1 aliphatic rings. The van der Waals surface area contributed by atoms with E-state index in [2.05, 4.69) is 9.97 Å². The molecular formula is C19H22N4O3S. The second-order valence-electron chi connectivity index (χ2n) is 6.73. The molecule has 0 bridgehead atoms. The number of rotatable bonds is 5. The van der Waals surface area contributed by atoms with Crippen LogP contribution in [0.5, 0.6) is 0 Å². The Morgan fingerprint density at radius 3 is 2.67 bits per heavy atom. The number of aryl methyl sites for hydroxylation is 2. The molecule has 1 atom stereocenters. The maximum atomic E-state index is 12.8. The highest BCUT2D eigenvalue weighted by Crippen LogP contribution is 2.41. The maximum Gasteiger partial charge on any atom is 0.295 e. The van der Waals surface area contributed by atoms with Crippen molar-refractivity contribution >= 4 is 28.8 Å². The highest BCUT2D eigenvalue weighted by atomic mass is 32.1. The summed E-state index contributed by atoms with van der Waals surface area (Å²) in [5, 5.41) is 12.8. The lowest BCUT2D eigenvalue weighted by molar-refractivity contribution is -0.140. The zero-order chi connectivity index (χ0) is 19.7. The molecular weight excluding hydrogens is 364 g/mol. The molecule has 2 aromatic rings. The van der Waals surface area contributed by atoms with Crippen molar-refractivity contribution in [3.8, 4) is 0 Å². The lowest BCUT2D eigenvalue weighted by atomic mass is 10.00. The summed E-state index contributed by atoms with van der Waals surface area (Å²) >= 11 is 1.45. The number of carbonyl (C=O) groups is 2. The van der Waals surface area contributed by atoms with Gasteiger partial charge in [-0.25, -0.2) is 9.97 Å². The first kappa shape index (κ1) is 19.2. The van der Waals surface area contributed by atoms with Gasteiger partial charge >= 0.3 is 0 Å². The zero-order valence-electron chi connectivity index (χ0n) is 15.8. The predicted octanol–water partition coefficient (Wildman–Crippen LogP) is 2.14. The quantitative estimate of drug-likeness (QED) is 0.481. The standard InChI is InChI=1S/C19H22N4O3S/c1-11-13(10-20-12(2)21-11)17(24)15-16(14-6-5-9-27-14)23(8-7-22(3)4)19(26)18(15)25/h5-6,9-10,16,24H,7-8H2,1-4H3/b17-15+/t16-/m0/s1. The fraction of sp³-hybridized carbons (Fsp3) is 0.368. The van der Waals surface area contributed by atoms with Crippen molar-refractivity contribution in [1.82, 2.24) is 19.8 Å². The van der Waals surface area contributed by atoms with E-state index in [1.807, 2.05) is 36.5 Å². The summed E-state index contributed by atoms with van der Waals surface area (Å²) in [7, 11) is 3.81. The summed E-state index contributed by atoms with van der Waals surface area (Å²) in [6, 6.07) is 3.13. The van der Waals surface area contributed by atoms with Crippen LogP contribution in [-0.2, 0) is 9.59 Å². The highest BCUT2D eigenvalue weighted by Gasteiger charge is 2.46. The van der Waals surface area contributed by atoms with Crippen molar-refractivity contribution < 1.29 is 14.7 Å². The first-order chi connectivity index (χ1) is 12.8.